The maximum atomic E-state index is 12.2. The molecule has 1 saturated heterocycles. The van der Waals surface area contributed by atoms with Crippen molar-refractivity contribution in [1.82, 2.24) is 9.62 Å². The minimum atomic E-state index is -3.16. The first-order valence-corrected chi connectivity index (χ1v) is 9.47. The van der Waals surface area contributed by atoms with Gasteiger partial charge in [0.05, 0.1) is 5.75 Å². The highest BCUT2D eigenvalue weighted by Gasteiger charge is 2.24. The minimum Gasteiger partial charge on any atom is -0.343 e. The summed E-state index contributed by atoms with van der Waals surface area (Å²) in [5.41, 5.74) is 1.17. The number of benzene rings is 1. The summed E-state index contributed by atoms with van der Waals surface area (Å²) in [4.78, 5) is 14.1. The first kappa shape index (κ1) is 17.0. The Hall–Kier alpha value is -1.40. The number of nitrogens with zero attached hydrogens (tertiary/aromatic N) is 1. The van der Waals surface area contributed by atoms with Gasteiger partial charge < -0.3 is 4.90 Å². The Morgan fingerprint density at radius 1 is 1.23 bits per heavy atom. The standard InChI is InChI=1S/C16H24N2O3S/c1-2-22(20,21)17-15-10-12-18(13-11-15)16(19)9-8-14-6-4-3-5-7-14/h3-7,15,17H,2,8-13H2,1H3. The second-order valence-electron chi connectivity index (χ2n) is 5.66. The highest BCUT2D eigenvalue weighted by Crippen LogP contribution is 2.13. The number of sulfonamides is 1. The van der Waals surface area contributed by atoms with Crippen LogP contribution in [0.4, 0.5) is 0 Å². The number of carbonyl (C=O) groups is 1. The van der Waals surface area contributed by atoms with Crippen LogP contribution >= 0.6 is 0 Å². The lowest BCUT2D eigenvalue weighted by atomic mass is 10.0. The van der Waals surface area contributed by atoms with Crippen molar-refractivity contribution < 1.29 is 13.2 Å². The van der Waals surface area contributed by atoms with Gasteiger partial charge in [0.25, 0.3) is 0 Å². The quantitative estimate of drug-likeness (QED) is 0.863. The Balaban J connectivity index is 1.75. The van der Waals surface area contributed by atoms with Crippen LogP contribution in [0, 0.1) is 0 Å². The summed E-state index contributed by atoms with van der Waals surface area (Å²) in [6, 6.07) is 9.94. The molecule has 0 spiro atoms. The molecule has 1 fully saturated rings. The van der Waals surface area contributed by atoms with Crippen molar-refractivity contribution in [3.05, 3.63) is 35.9 Å². The zero-order chi connectivity index (χ0) is 16.0. The number of nitrogens with one attached hydrogen (secondary N) is 1. The van der Waals surface area contributed by atoms with Gasteiger partial charge in [0, 0.05) is 25.6 Å². The van der Waals surface area contributed by atoms with Crippen LogP contribution in [0.1, 0.15) is 31.7 Å². The monoisotopic (exact) mass is 324 g/mol. The average Bonchev–Trinajstić information content (AvgIpc) is 2.54. The summed E-state index contributed by atoms with van der Waals surface area (Å²) >= 11 is 0. The maximum absolute atomic E-state index is 12.2. The van der Waals surface area contributed by atoms with E-state index in [4.69, 9.17) is 0 Å². The molecule has 5 nitrogen and oxygen atoms in total. The molecule has 0 radical (unpaired) electrons. The lowest BCUT2D eigenvalue weighted by Gasteiger charge is -2.32. The van der Waals surface area contributed by atoms with E-state index in [0.717, 1.165) is 6.42 Å². The lowest BCUT2D eigenvalue weighted by molar-refractivity contribution is -0.132. The van der Waals surface area contributed by atoms with Crippen LogP contribution in [0.15, 0.2) is 30.3 Å². The van der Waals surface area contributed by atoms with Crippen LogP contribution in [0.25, 0.3) is 0 Å². The number of piperidine rings is 1. The summed E-state index contributed by atoms with van der Waals surface area (Å²) in [7, 11) is -3.16. The molecule has 0 aromatic heterocycles. The molecule has 1 heterocycles. The maximum Gasteiger partial charge on any atom is 0.222 e. The zero-order valence-corrected chi connectivity index (χ0v) is 13.8. The summed E-state index contributed by atoms with van der Waals surface area (Å²) in [5, 5.41) is 0. The van der Waals surface area contributed by atoms with E-state index in [-0.39, 0.29) is 17.7 Å². The van der Waals surface area contributed by atoms with Crippen LogP contribution in [0.5, 0.6) is 0 Å². The number of likely N-dealkylation sites (tertiary alicyclic amines) is 1. The summed E-state index contributed by atoms with van der Waals surface area (Å²) < 4.78 is 25.8. The Morgan fingerprint density at radius 3 is 2.45 bits per heavy atom. The summed E-state index contributed by atoms with van der Waals surface area (Å²) in [5.74, 6) is 0.254. The number of hydrogen-bond donors (Lipinski definition) is 1. The molecule has 2 rings (SSSR count). The van der Waals surface area contributed by atoms with Gasteiger partial charge in [0.15, 0.2) is 0 Å². The molecule has 0 atom stereocenters. The van der Waals surface area contributed by atoms with Crippen molar-refractivity contribution in [1.29, 1.82) is 0 Å². The zero-order valence-electron chi connectivity index (χ0n) is 13.0. The molecule has 1 aromatic rings. The van der Waals surface area contributed by atoms with Crippen LogP contribution in [-0.4, -0.2) is 44.1 Å². The molecule has 0 bridgehead atoms. The Morgan fingerprint density at radius 2 is 1.86 bits per heavy atom. The number of aryl methyl sites for hydroxylation is 1. The van der Waals surface area contributed by atoms with Gasteiger partial charge >= 0.3 is 0 Å². The second kappa shape index (κ2) is 7.74. The molecular weight excluding hydrogens is 300 g/mol. The fourth-order valence-corrected chi connectivity index (χ4v) is 3.55. The van der Waals surface area contributed by atoms with Crippen molar-refractivity contribution >= 4 is 15.9 Å². The Kier molecular flexibility index (Phi) is 5.97. The van der Waals surface area contributed by atoms with E-state index in [1.54, 1.807) is 6.92 Å². The molecule has 0 unspecified atom stereocenters. The van der Waals surface area contributed by atoms with Gasteiger partial charge in [-0.15, -0.1) is 0 Å². The molecule has 1 aliphatic rings. The van der Waals surface area contributed by atoms with Gasteiger partial charge in [-0.25, -0.2) is 13.1 Å². The van der Waals surface area contributed by atoms with E-state index in [1.807, 2.05) is 35.2 Å². The molecule has 0 aliphatic carbocycles. The topological polar surface area (TPSA) is 66.5 Å². The summed E-state index contributed by atoms with van der Waals surface area (Å²) in [6.45, 7) is 2.89. The van der Waals surface area contributed by atoms with Crippen molar-refractivity contribution in [2.24, 2.45) is 0 Å². The van der Waals surface area contributed by atoms with Gasteiger partial charge in [-0.1, -0.05) is 30.3 Å². The third-order valence-electron chi connectivity index (χ3n) is 4.04. The van der Waals surface area contributed by atoms with Crippen LogP contribution < -0.4 is 4.72 Å². The van der Waals surface area contributed by atoms with Gasteiger partial charge in [-0.3, -0.25) is 4.79 Å². The molecule has 1 aliphatic heterocycles. The van der Waals surface area contributed by atoms with E-state index < -0.39 is 10.0 Å². The molecule has 122 valence electrons. The molecule has 1 amide bonds. The Labute approximate surface area is 132 Å². The van der Waals surface area contributed by atoms with Crippen molar-refractivity contribution in [2.75, 3.05) is 18.8 Å². The van der Waals surface area contributed by atoms with Gasteiger partial charge in [0.1, 0.15) is 0 Å². The first-order valence-electron chi connectivity index (χ1n) is 7.82. The van der Waals surface area contributed by atoms with E-state index in [2.05, 4.69) is 4.72 Å². The minimum absolute atomic E-state index is 0.0388. The predicted octanol–water partition coefficient (Wildman–Crippen LogP) is 1.55. The highest BCUT2D eigenvalue weighted by atomic mass is 32.2. The molecule has 1 aromatic carbocycles. The number of hydrogen-bond acceptors (Lipinski definition) is 3. The third kappa shape index (κ3) is 5.10. The lowest BCUT2D eigenvalue weighted by Crippen LogP contribution is -2.46. The van der Waals surface area contributed by atoms with E-state index in [0.29, 0.717) is 32.4 Å². The van der Waals surface area contributed by atoms with Crippen LogP contribution in [-0.2, 0) is 21.2 Å². The Bertz CT molecular complexity index is 579. The largest absolute Gasteiger partial charge is 0.343 e. The SMILES string of the molecule is CCS(=O)(=O)NC1CCN(C(=O)CCc2ccccc2)CC1. The highest BCUT2D eigenvalue weighted by molar-refractivity contribution is 7.89. The summed E-state index contributed by atoms with van der Waals surface area (Å²) in [6.07, 6.45) is 2.64. The normalized spacial score (nSPS) is 16.7. The average molecular weight is 324 g/mol. The molecule has 22 heavy (non-hydrogen) atoms. The number of rotatable bonds is 6. The van der Waals surface area contributed by atoms with E-state index in [1.165, 1.54) is 5.56 Å². The fourth-order valence-electron chi connectivity index (χ4n) is 2.64. The number of amides is 1. The molecular formula is C16H24N2O3S. The van der Waals surface area contributed by atoms with Gasteiger partial charge in [-0.05, 0) is 31.7 Å². The van der Waals surface area contributed by atoms with Crippen LogP contribution in [0.3, 0.4) is 0 Å². The smallest absolute Gasteiger partial charge is 0.222 e. The van der Waals surface area contributed by atoms with E-state index in [9.17, 15) is 13.2 Å². The van der Waals surface area contributed by atoms with E-state index >= 15 is 0 Å². The van der Waals surface area contributed by atoms with Gasteiger partial charge in [-0.2, -0.15) is 0 Å². The molecule has 6 heteroatoms. The molecule has 1 N–H and O–H groups in total. The van der Waals surface area contributed by atoms with Crippen molar-refractivity contribution in [2.45, 2.75) is 38.6 Å². The van der Waals surface area contributed by atoms with Crippen molar-refractivity contribution in [3.63, 3.8) is 0 Å². The number of carbonyl (C=O) groups excluding carboxylic acids is 1. The molecule has 0 saturated carbocycles. The van der Waals surface area contributed by atoms with Gasteiger partial charge in [0.2, 0.25) is 15.9 Å². The van der Waals surface area contributed by atoms with Crippen LogP contribution in [0.2, 0.25) is 0 Å². The second-order valence-corrected chi connectivity index (χ2v) is 7.70. The fraction of sp³-hybridized carbons (Fsp3) is 0.562. The third-order valence-corrected chi connectivity index (χ3v) is 5.50. The first-order chi connectivity index (χ1) is 10.5. The predicted molar refractivity (Wildman–Crippen MR) is 87.0 cm³/mol. The van der Waals surface area contributed by atoms with Crippen molar-refractivity contribution in [3.8, 4) is 0 Å².